The SMILES string of the molecule is CC(C)C(NC(=O)c1ccc(Cl)cc1)C(=O)N1CCC2(CCNC2)CC1. The summed E-state index contributed by atoms with van der Waals surface area (Å²) in [7, 11) is 0. The van der Waals surface area contributed by atoms with Gasteiger partial charge in [0, 0.05) is 30.2 Å². The van der Waals surface area contributed by atoms with Gasteiger partial charge in [-0.25, -0.2) is 0 Å². The van der Waals surface area contributed by atoms with E-state index in [1.54, 1.807) is 24.3 Å². The van der Waals surface area contributed by atoms with Crippen molar-refractivity contribution in [3.63, 3.8) is 0 Å². The van der Waals surface area contributed by atoms with Crippen LogP contribution in [0.3, 0.4) is 0 Å². The molecule has 1 aromatic carbocycles. The van der Waals surface area contributed by atoms with E-state index < -0.39 is 6.04 Å². The fourth-order valence-electron chi connectivity index (χ4n) is 3.96. The molecular weight excluding hydrogens is 350 g/mol. The van der Waals surface area contributed by atoms with E-state index in [9.17, 15) is 9.59 Å². The second-order valence-electron chi connectivity index (χ2n) is 7.95. The summed E-state index contributed by atoms with van der Waals surface area (Å²) in [6.07, 6.45) is 3.29. The number of hydrogen-bond donors (Lipinski definition) is 2. The average molecular weight is 378 g/mol. The predicted octanol–water partition coefficient (Wildman–Crippen LogP) is 2.70. The van der Waals surface area contributed by atoms with Gasteiger partial charge in [0.05, 0.1) is 0 Å². The van der Waals surface area contributed by atoms with Crippen LogP contribution >= 0.6 is 11.6 Å². The Bertz CT molecular complexity index is 644. The van der Waals surface area contributed by atoms with Crippen molar-refractivity contribution in [2.45, 2.75) is 39.2 Å². The van der Waals surface area contributed by atoms with Gasteiger partial charge in [-0.05, 0) is 61.4 Å². The standard InChI is InChI=1S/C20H28ClN3O2/c1-14(2)17(23-18(25)15-3-5-16(21)6-4-15)19(26)24-11-8-20(9-12-24)7-10-22-13-20/h3-6,14,17,22H,7-13H2,1-2H3,(H,23,25). The molecular formula is C20H28ClN3O2. The van der Waals surface area contributed by atoms with Crippen molar-refractivity contribution >= 4 is 23.4 Å². The zero-order valence-corrected chi connectivity index (χ0v) is 16.3. The lowest BCUT2D eigenvalue weighted by Crippen LogP contribution is -2.54. The normalized spacial score (nSPS) is 20.4. The van der Waals surface area contributed by atoms with Gasteiger partial charge in [0.2, 0.25) is 5.91 Å². The van der Waals surface area contributed by atoms with Crippen molar-refractivity contribution in [1.29, 1.82) is 0 Å². The smallest absolute Gasteiger partial charge is 0.251 e. The molecule has 1 atom stereocenters. The molecule has 0 radical (unpaired) electrons. The summed E-state index contributed by atoms with van der Waals surface area (Å²) in [4.78, 5) is 27.5. The lowest BCUT2D eigenvalue weighted by Gasteiger charge is -2.40. The number of hydrogen-bond acceptors (Lipinski definition) is 3. The highest BCUT2D eigenvalue weighted by molar-refractivity contribution is 6.30. The van der Waals surface area contributed by atoms with Gasteiger partial charge in [-0.3, -0.25) is 9.59 Å². The van der Waals surface area contributed by atoms with Crippen LogP contribution in [0.1, 0.15) is 43.5 Å². The van der Waals surface area contributed by atoms with Gasteiger partial charge in [-0.1, -0.05) is 25.4 Å². The van der Waals surface area contributed by atoms with Gasteiger partial charge in [-0.2, -0.15) is 0 Å². The second-order valence-corrected chi connectivity index (χ2v) is 8.39. The molecule has 1 aromatic rings. The summed E-state index contributed by atoms with van der Waals surface area (Å²) in [5, 5.41) is 6.96. The van der Waals surface area contributed by atoms with Crippen LogP contribution in [0.25, 0.3) is 0 Å². The van der Waals surface area contributed by atoms with Crippen molar-refractivity contribution in [3.05, 3.63) is 34.9 Å². The highest BCUT2D eigenvalue weighted by Crippen LogP contribution is 2.37. The molecule has 1 unspecified atom stereocenters. The number of likely N-dealkylation sites (tertiary alicyclic amines) is 1. The van der Waals surface area contributed by atoms with Crippen LogP contribution in [0.2, 0.25) is 5.02 Å². The van der Waals surface area contributed by atoms with Gasteiger partial charge in [0.15, 0.2) is 0 Å². The molecule has 2 aliphatic heterocycles. The summed E-state index contributed by atoms with van der Waals surface area (Å²) in [6.45, 7) is 7.64. The molecule has 2 fully saturated rings. The van der Waals surface area contributed by atoms with Crippen LogP contribution in [-0.2, 0) is 4.79 Å². The maximum Gasteiger partial charge on any atom is 0.251 e. The largest absolute Gasteiger partial charge is 0.341 e. The Balaban J connectivity index is 1.63. The Labute approximate surface area is 160 Å². The van der Waals surface area contributed by atoms with Crippen LogP contribution in [0.15, 0.2) is 24.3 Å². The molecule has 26 heavy (non-hydrogen) atoms. The number of carbonyl (C=O) groups is 2. The number of nitrogens with zero attached hydrogens (tertiary/aromatic N) is 1. The maximum absolute atomic E-state index is 13.0. The van der Waals surface area contributed by atoms with E-state index in [0.29, 0.717) is 16.0 Å². The van der Waals surface area contributed by atoms with Crippen LogP contribution in [0, 0.1) is 11.3 Å². The van der Waals surface area contributed by atoms with E-state index >= 15 is 0 Å². The van der Waals surface area contributed by atoms with Gasteiger partial charge in [-0.15, -0.1) is 0 Å². The number of carbonyl (C=O) groups excluding carboxylic acids is 2. The van der Waals surface area contributed by atoms with Gasteiger partial charge < -0.3 is 15.5 Å². The van der Waals surface area contributed by atoms with Crippen LogP contribution in [-0.4, -0.2) is 48.9 Å². The monoisotopic (exact) mass is 377 g/mol. The van der Waals surface area contributed by atoms with Crippen LogP contribution in [0.5, 0.6) is 0 Å². The average Bonchev–Trinajstić information content (AvgIpc) is 3.08. The zero-order chi connectivity index (χ0) is 18.7. The molecule has 0 saturated carbocycles. The topological polar surface area (TPSA) is 61.4 Å². The van der Waals surface area contributed by atoms with Crippen molar-refractivity contribution in [1.82, 2.24) is 15.5 Å². The molecule has 0 bridgehead atoms. The molecule has 2 saturated heterocycles. The van der Waals surface area contributed by atoms with Crippen molar-refractivity contribution in [2.75, 3.05) is 26.2 Å². The highest BCUT2D eigenvalue weighted by atomic mass is 35.5. The Morgan fingerprint density at radius 1 is 1.15 bits per heavy atom. The summed E-state index contributed by atoms with van der Waals surface area (Å²) in [5.74, 6) is -0.173. The molecule has 2 N–H and O–H groups in total. The number of halogens is 1. The van der Waals surface area contributed by atoms with E-state index in [1.165, 1.54) is 6.42 Å². The first-order valence-electron chi connectivity index (χ1n) is 9.46. The first kappa shape index (κ1) is 19.2. The number of nitrogens with one attached hydrogen (secondary N) is 2. The van der Waals surface area contributed by atoms with E-state index in [1.807, 2.05) is 18.7 Å². The van der Waals surface area contributed by atoms with Crippen molar-refractivity contribution in [2.24, 2.45) is 11.3 Å². The Morgan fingerprint density at radius 2 is 1.81 bits per heavy atom. The molecule has 6 heteroatoms. The third-order valence-electron chi connectivity index (χ3n) is 5.79. The summed E-state index contributed by atoms with van der Waals surface area (Å²) < 4.78 is 0. The lowest BCUT2D eigenvalue weighted by atomic mass is 9.77. The molecule has 3 rings (SSSR count). The third kappa shape index (κ3) is 4.21. The molecule has 2 amide bonds. The zero-order valence-electron chi connectivity index (χ0n) is 15.6. The molecule has 0 aromatic heterocycles. The summed E-state index contributed by atoms with van der Waals surface area (Å²) in [5.41, 5.74) is 0.888. The fraction of sp³-hybridized carbons (Fsp3) is 0.600. The molecule has 5 nitrogen and oxygen atoms in total. The minimum atomic E-state index is -0.506. The summed E-state index contributed by atoms with van der Waals surface area (Å²) in [6, 6.07) is 6.22. The first-order chi connectivity index (χ1) is 12.4. The van der Waals surface area contributed by atoms with Gasteiger partial charge >= 0.3 is 0 Å². The van der Waals surface area contributed by atoms with Crippen LogP contribution in [0.4, 0.5) is 0 Å². The summed E-state index contributed by atoms with van der Waals surface area (Å²) >= 11 is 5.88. The van der Waals surface area contributed by atoms with E-state index in [4.69, 9.17) is 11.6 Å². The number of benzene rings is 1. The maximum atomic E-state index is 13.0. The minimum Gasteiger partial charge on any atom is -0.341 e. The number of piperidine rings is 1. The Morgan fingerprint density at radius 3 is 2.35 bits per heavy atom. The van der Waals surface area contributed by atoms with Crippen molar-refractivity contribution < 1.29 is 9.59 Å². The molecule has 1 spiro atoms. The van der Waals surface area contributed by atoms with E-state index in [-0.39, 0.29) is 17.7 Å². The fourth-order valence-corrected chi connectivity index (χ4v) is 4.09. The lowest BCUT2D eigenvalue weighted by molar-refractivity contribution is -0.136. The van der Waals surface area contributed by atoms with Gasteiger partial charge in [0.25, 0.3) is 5.91 Å². The predicted molar refractivity (Wildman–Crippen MR) is 103 cm³/mol. The van der Waals surface area contributed by atoms with Crippen molar-refractivity contribution in [3.8, 4) is 0 Å². The minimum absolute atomic E-state index is 0.0304. The highest BCUT2D eigenvalue weighted by Gasteiger charge is 2.39. The third-order valence-corrected chi connectivity index (χ3v) is 6.05. The molecule has 0 aliphatic carbocycles. The number of amides is 2. The Hall–Kier alpha value is -1.59. The molecule has 2 aliphatic rings. The molecule has 2 heterocycles. The number of rotatable bonds is 4. The van der Waals surface area contributed by atoms with Crippen LogP contribution < -0.4 is 10.6 Å². The first-order valence-corrected chi connectivity index (χ1v) is 9.84. The van der Waals surface area contributed by atoms with E-state index in [0.717, 1.165) is 39.0 Å². The van der Waals surface area contributed by atoms with Gasteiger partial charge in [0.1, 0.15) is 6.04 Å². The molecule has 142 valence electrons. The van der Waals surface area contributed by atoms with E-state index in [2.05, 4.69) is 10.6 Å². The second kappa shape index (κ2) is 7.97. The Kier molecular flexibility index (Phi) is 5.88. The quantitative estimate of drug-likeness (QED) is 0.848.